The summed E-state index contributed by atoms with van der Waals surface area (Å²) in [5.74, 6) is -0.197. The molecule has 2 aromatic rings. The fourth-order valence-corrected chi connectivity index (χ4v) is 4.12. The van der Waals surface area contributed by atoms with E-state index in [9.17, 15) is 9.00 Å². The summed E-state index contributed by atoms with van der Waals surface area (Å²) in [6.07, 6.45) is 0. The lowest BCUT2D eigenvalue weighted by atomic mass is 9.86. The van der Waals surface area contributed by atoms with Gasteiger partial charge in [-0.25, -0.2) is 0 Å². The molecule has 0 aliphatic heterocycles. The van der Waals surface area contributed by atoms with Gasteiger partial charge in [0.2, 0.25) is 5.91 Å². The minimum absolute atomic E-state index is 0.0119. The zero-order chi connectivity index (χ0) is 16.2. The van der Waals surface area contributed by atoms with Gasteiger partial charge in [0.25, 0.3) is 0 Å². The molecule has 0 bridgehead atoms. The van der Waals surface area contributed by atoms with Crippen LogP contribution in [-0.4, -0.2) is 15.9 Å². The standard InChI is InChI=1S/C17H21NO2S2/c1-17(2,3)16(14-10-7-11-21-14)18-15(19)12-22(20)13-8-5-4-6-9-13/h4-11,16H,12H2,1-3H3,(H,18,19)/t16-,22-/m0/s1. The molecular formula is C17H21NO2S2. The molecule has 0 saturated carbocycles. The first kappa shape index (κ1) is 16.9. The first-order valence-electron chi connectivity index (χ1n) is 7.14. The van der Waals surface area contributed by atoms with Crippen LogP contribution >= 0.6 is 11.3 Å². The van der Waals surface area contributed by atoms with Gasteiger partial charge in [0.15, 0.2) is 0 Å². The van der Waals surface area contributed by atoms with Crippen LogP contribution in [0.1, 0.15) is 31.7 Å². The number of hydrogen-bond donors (Lipinski definition) is 1. The lowest BCUT2D eigenvalue weighted by Crippen LogP contribution is -2.38. The Labute approximate surface area is 138 Å². The molecule has 0 saturated heterocycles. The third-order valence-electron chi connectivity index (χ3n) is 3.27. The highest BCUT2D eigenvalue weighted by Crippen LogP contribution is 2.35. The van der Waals surface area contributed by atoms with E-state index in [1.807, 2.05) is 35.7 Å². The number of nitrogens with one attached hydrogen (secondary N) is 1. The summed E-state index contributed by atoms with van der Waals surface area (Å²) in [7, 11) is -1.31. The summed E-state index contributed by atoms with van der Waals surface area (Å²) >= 11 is 1.62. The van der Waals surface area contributed by atoms with E-state index >= 15 is 0 Å². The van der Waals surface area contributed by atoms with Crippen LogP contribution in [0.5, 0.6) is 0 Å². The second kappa shape index (κ2) is 7.20. The van der Waals surface area contributed by atoms with Crippen LogP contribution in [-0.2, 0) is 15.6 Å². The van der Waals surface area contributed by atoms with E-state index < -0.39 is 10.8 Å². The summed E-state index contributed by atoms with van der Waals surface area (Å²) in [5, 5.41) is 5.04. The molecule has 1 amide bonds. The van der Waals surface area contributed by atoms with Crippen LogP contribution in [0.25, 0.3) is 0 Å². The van der Waals surface area contributed by atoms with E-state index in [0.29, 0.717) is 4.90 Å². The first-order chi connectivity index (χ1) is 10.4. The maximum absolute atomic E-state index is 12.3. The molecule has 1 aromatic heterocycles. The van der Waals surface area contributed by atoms with Crippen molar-refractivity contribution in [3.63, 3.8) is 0 Å². The van der Waals surface area contributed by atoms with Crippen LogP contribution in [0.15, 0.2) is 52.7 Å². The number of benzene rings is 1. The van der Waals surface area contributed by atoms with Crippen molar-refractivity contribution in [1.29, 1.82) is 0 Å². The fourth-order valence-electron chi connectivity index (χ4n) is 2.15. The Balaban J connectivity index is 2.05. The minimum atomic E-state index is -1.31. The number of carbonyl (C=O) groups excluding carboxylic acids is 1. The number of hydrogen-bond acceptors (Lipinski definition) is 3. The van der Waals surface area contributed by atoms with Gasteiger partial charge in [0.1, 0.15) is 5.75 Å². The summed E-state index contributed by atoms with van der Waals surface area (Å²) in [6.45, 7) is 6.27. The Hall–Kier alpha value is -1.46. The molecule has 0 spiro atoms. The van der Waals surface area contributed by atoms with Crippen LogP contribution in [0.4, 0.5) is 0 Å². The van der Waals surface area contributed by atoms with Crippen molar-refractivity contribution in [1.82, 2.24) is 5.32 Å². The lowest BCUT2D eigenvalue weighted by molar-refractivity contribution is -0.120. The normalized spacial score (nSPS) is 14.3. The number of carbonyl (C=O) groups is 1. The molecule has 2 rings (SSSR count). The van der Waals surface area contributed by atoms with Crippen molar-refractivity contribution in [2.24, 2.45) is 5.41 Å². The fraction of sp³-hybridized carbons (Fsp3) is 0.353. The van der Waals surface area contributed by atoms with Crippen molar-refractivity contribution >= 4 is 28.0 Å². The van der Waals surface area contributed by atoms with Gasteiger partial charge in [-0.2, -0.15) is 0 Å². The Morgan fingerprint density at radius 1 is 1.18 bits per heavy atom. The van der Waals surface area contributed by atoms with Gasteiger partial charge in [0.05, 0.1) is 16.8 Å². The Morgan fingerprint density at radius 2 is 1.86 bits per heavy atom. The molecule has 0 unspecified atom stereocenters. The highest BCUT2D eigenvalue weighted by Gasteiger charge is 2.29. The maximum Gasteiger partial charge on any atom is 0.233 e. The predicted octanol–water partition coefficient (Wildman–Crippen LogP) is 3.76. The molecule has 0 aliphatic rings. The van der Waals surface area contributed by atoms with Gasteiger partial charge in [-0.05, 0) is 29.0 Å². The first-order valence-corrected chi connectivity index (χ1v) is 9.34. The number of thiophene rings is 1. The summed E-state index contributed by atoms with van der Waals surface area (Å²) in [6, 6.07) is 13.0. The molecule has 3 nitrogen and oxygen atoms in total. The highest BCUT2D eigenvalue weighted by atomic mass is 32.2. The smallest absolute Gasteiger partial charge is 0.233 e. The average molecular weight is 335 g/mol. The molecule has 5 heteroatoms. The largest absolute Gasteiger partial charge is 0.347 e. The molecule has 118 valence electrons. The van der Waals surface area contributed by atoms with Gasteiger partial charge < -0.3 is 5.32 Å². The SMILES string of the molecule is CC(C)(C)[C@@H](NC(=O)C[S@](=O)c1ccccc1)c1cccs1. The van der Waals surface area contributed by atoms with Gasteiger partial charge in [0, 0.05) is 9.77 Å². The monoisotopic (exact) mass is 335 g/mol. The van der Waals surface area contributed by atoms with E-state index in [2.05, 4.69) is 26.1 Å². The zero-order valence-corrected chi connectivity index (χ0v) is 14.7. The van der Waals surface area contributed by atoms with E-state index in [4.69, 9.17) is 0 Å². The van der Waals surface area contributed by atoms with E-state index in [1.165, 1.54) is 0 Å². The molecule has 0 fully saturated rings. The minimum Gasteiger partial charge on any atom is -0.347 e. The second-order valence-corrected chi connectivity index (χ2v) is 8.62. The molecule has 1 N–H and O–H groups in total. The van der Waals surface area contributed by atoms with Gasteiger partial charge in [-0.1, -0.05) is 45.0 Å². The van der Waals surface area contributed by atoms with Gasteiger partial charge >= 0.3 is 0 Å². The van der Waals surface area contributed by atoms with Crippen molar-refractivity contribution in [2.75, 3.05) is 5.75 Å². The molecule has 2 atom stereocenters. The van der Waals surface area contributed by atoms with Crippen molar-refractivity contribution < 1.29 is 9.00 Å². The van der Waals surface area contributed by atoms with Crippen LogP contribution in [0, 0.1) is 5.41 Å². The van der Waals surface area contributed by atoms with E-state index in [0.717, 1.165) is 4.88 Å². The van der Waals surface area contributed by atoms with Crippen molar-refractivity contribution in [3.05, 3.63) is 52.7 Å². The molecule has 1 aromatic carbocycles. The lowest BCUT2D eigenvalue weighted by Gasteiger charge is -2.30. The molecule has 0 aliphatic carbocycles. The van der Waals surface area contributed by atoms with Crippen molar-refractivity contribution in [2.45, 2.75) is 31.7 Å². The molecule has 22 heavy (non-hydrogen) atoms. The third-order valence-corrected chi connectivity index (χ3v) is 5.53. The molecular weight excluding hydrogens is 314 g/mol. The number of rotatable bonds is 5. The van der Waals surface area contributed by atoms with Crippen LogP contribution in [0.3, 0.4) is 0 Å². The number of amides is 1. The third kappa shape index (κ3) is 4.52. The Kier molecular flexibility index (Phi) is 5.53. The van der Waals surface area contributed by atoms with Crippen LogP contribution in [0.2, 0.25) is 0 Å². The van der Waals surface area contributed by atoms with Crippen molar-refractivity contribution in [3.8, 4) is 0 Å². The summed E-state index contributed by atoms with van der Waals surface area (Å²) < 4.78 is 12.2. The summed E-state index contributed by atoms with van der Waals surface area (Å²) in [4.78, 5) is 14.1. The van der Waals surface area contributed by atoms with E-state index in [-0.39, 0.29) is 23.1 Å². The zero-order valence-electron chi connectivity index (χ0n) is 13.0. The second-order valence-electron chi connectivity index (χ2n) is 6.18. The van der Waals surface area contributed by atoms with Gasteiger partial charge in [-0.15, -0.1) is 11.3 Å². The Bertz CT molecular complexity index is 630. The molecule has 1 heterocycles. The summed E-state index contributed by atoms with van der Waals surface area (Å²) in [5.41, 5.74) is -0.102. The molecule has 0 radical (unpaired) electrons. The topological polar surface area (TPSA) is 46.2 Å². The van der Waals surface area contributed by atoms with Gasteiger partial charge in [-0.3, -0.25) is 9.00 Å². The predicted molar refractivity (Wildman–Crippen MR) is 92.4 cm³/mol. The maximum atomic E-state index is 12.3. The highest BCUT2D eigenvalue weighted by molar-refractivity contribution is 7.85. The van der Waals surface area contributed by atoms with E-state index in [1.54, 1.807) is 23.5 Å². The average Bonchev–Trinajstić information content (AvgIpc) is 2.98. The van der Waals surface area contributed by atoms with Crippen LogP contribution < -0.4 is 5.32 Å². The quantitative estimate of drug-likeness (QED) is 0.904. The Morgan fingerprint density at radius 3 is 2.41 bits per heavy atom.